The molecule has 7 heteroatoms. The quantitative estimate of drug-likeness (QED) is 0.802. The number of carbonyl (C=O) groups excluding carboxylic acids is 2. The van der Waals surface area contributed by atoms with E-state index < -0.39 is 23.2 Å². The summed E-state index contributed by atoms with van der Waals surface area (Å²) in [4.78, 5) is 26.5. The van der Waals surface area contributed by atoms with E-state index in [1.807, 2.05) is 24.3 Å². The second kappa shape index (κ2) is 6.98. The van der Waals surface area contributed by atoms with Gasteiger partial charge in [-0.1, -0.05) is 35.9 Å². The number of likely N-dealkylation sites (tertiary alicyclic amines) is 1. The van der Waals surface area contributed by atoms with Crippen molar-refractivity contribution < 1.29 is 19.1 Å². The van der Waals surface area contributed by atoms with Gasteiger partial charge in [0.05, 0.1) is 6.04 Å². The Balaban J connectivity index is 1.66. The first-order valence-corrected chi connectivity index (χ1v) is 8.38. The molecular weight excluding hydrogens is 347 g/mol. The molecule has 1 heterocycles. The molecule has 25 heavy (non-hydrogen) atoms. The summed E-state index contributed by atoms with van der Waals surface area (Å²) in [5.41, 5.74) is -1.64. The Morgan fingerprint density at radius 1 is 1.40 bits per heavy atom. The van der Waals surface area contributed by atoms with E-state index in [9.17, 15) is 19.1 Å². The number of nitrogens with zero attached hydrogens (tertiary/aromatic N) is 1. The fourth-order valence-electron chi connectivity index (χ4n) is 3.10. The summed E-state index contributed by atoms with van der Waals surface area (Å²) in [6.45, 7) is 0.273. The number of amides is 2. The molecule has 0 aromatic heterocycles. The van der Waals surface area contributed by atoms with Gasteiger partial charge in [-0.3, -0.25) is 9.59 Å². The van der Waals surface area contributed by atoms with E-state index in [1.165, 1.54) is 17.0 Å². The highest BCUT2D eigenvalue weighted by Gasteiger charge is 2.52. The minimum Gasteiger partial charge on any atom is -0.372 e. The zero-order valence-corrected chi connectivity index (χ0v) is 14.2. The van der Waals surface area contributed by atoms with Crippen LogP contribution in [0.1, 0.15) is 18.4 Å². The zero-order valence-electron chi connectivity index (χ0n) is 13.4. The van der Waals surface area contributed by atoms with Crippen molar-refractivity contribution in [2.24, 2.45) is 0 Å². The van der Waals surface area contributed by atoms with Gasteiger partial charge < -0.3 is 15.3 Å². The Morgan fingerprint density at radius 3 is 2.88 bits per heavy atom. The highest BCUT2D eigenvalue weighted by molar-refractivity contribution is 6.30. The van der Waals surface area contributed by atoms with E-state index in [0.717, 1.165) is 6.07 Å². The smallest absolute Gasteiger partial charge is 0.264 e. The van der Waals surface area contributed by atoms with E-state index in [-0.39, 0.29) is 24.0 Å². The van der Waals surface area contributed by atoms with Gasteiger partial charge in [-0.05, 0) is 30.2 Å². The second-order valence-corrected chi connectivity index (χ2v) is 6.62. The largest absolute Gasteiger partial charge is 0.372 e. The molecule has 1 aliphatic heterocycles. The van der Waals surface area contributed by atoms with Crippen LogP contribution in [0.4, 0.5) is 4.39 Å². The maximum atomic E-state index is 13.3. The molecule has 1 aromatic rings. The Labute approximate surface area is 149 Å². The number of carbonyl (C=O) groups is 2. The maximum absolute atomic E-state index is 13.3. The lowest BCUT2D eigenvalue weighted by atomic mass is 10.0. The molecule has 2 N–H and O–H groups in total. The molecule has 0 bridgehead atoms. The number of allylic oxidation sites excluding steroid dienone is 2. The first-order chi connectivity index (χ1) is 11.9. The van der Waals surface area contributed by atoms with Crippen molar-refractivity contribution in [3.8, 4) is 0 Å². The van der Waals surface area contributed by atoms with Crippen LogP contribution in [0.15, 0.2) is 42.5 Å². The molecule has 0 radical (unpaired) electrons. The molecule has 1 aromatic carbocycles. The van der Waals surface area contributed by atoms with Crippen LogP contribution < -0.4 is 5.32 Å². The lowest BCUT2D eigenvalue weighted by molar-refractivity contribution is -0.155. The van der Waals surface area contributed by atoms with Crippen LogP contribution in [0.2, 0.25) is 5.02 Å². The van der Waals surface area contributed by atoms with Crippen LogP contribution in [-0.4, -0.2) is 40.0 Å². The Hall–Kier alpha value is -2.18. The van der Waals surface area contributed by atoms with Gasteiger partial charge in [-0.2, -0.15) is 0 Å². The van der Waals surface area contributed by atoms with Crippen LogP contribution in [0.25, 0.3) is 0 Å². The van der Waals surface area contributed by atoms with Crippen molar-refractivity contribution in [1.82, 2.24) is 10.2 Å². The summed E-state index contributed by atoms with van der Waals surface area (Å²) in [5, 5.41) is 13.3. The topological polar surface area (TPSA) is 69.6 Å². The summed E-state index contributed by atoms with van der Waals surface area (Å²) >= 11 is 5.77. The SMILES string of the molecule is O=C(NCc1cc(F)cc(Cl)c1)[C@]1(O)CCN(C2C=CC=CC2)C1=O. The van der Waals surface area contributed by atoms with Crippen molar-refractivity contribution in [3.63, 3.8) is 0 Å². The minimum absolute atomic E-state index is 0.0234. The van der Waals surface area contributed by atoms with Gasteiger partial charge in [0.15, 0.2) is 0 Å². The molecule has 0 spiro atoms. The Bertz CT molecular complexity index is 744. The zero-order chi connectivity index (χ0) is 18.0. The summed E-state index contributed by atoms with van der Waals surface area (Å²) in [6, 6.07) is 3.75. The number of rotatable bonds is 4. The van der Waals surface area contributed by atoms with Crippen molar-refractivity contribution in [1.29, 1.82) is 0 Å². The van der Waals surface area contributed by atoms with Gasteiger partial charge in [0.25, 0.3) is 11.8 Å². The number of nitrogens with one attached hydrogen (secondary N) is 1. The lowest BCUT2D eigenvalue weighted by Gasteiger charge is -2.27. The lowest BCUT2D eigenvalue weighted by Crippen LogP contribution is -2.53. The molecule has 3 rings (SSSR count). The number of benzene rings is 1. The third-order valence-electron chi connectivity index (χ3n) is 4.44. The fourth-order valence-corrected chi connectivity index (χ4v) is 3.34. The summed E-state index contributed by atoms with van der Waals surface area (Å²) in [6.07, 6.45) is 8.21. The van der Waals surface area contributed by atoms with E-state index in [0.29, 0.717) is 18.5 Å². The minimum atomic E-state index is -2.09. The predicted octanol–water partition coefficient (Wildman–Crippen LogP) is 1.94. The summed E-state index contributed by atoms with van der Waals surface area (Å²) in [7, 11) is 0. The van der Waals surface area contributed by atoms with Crippen LogP contribution in [-0.2, 0) is 16.1 Å². The van der Waals surface area contributed by atoms with Crippen LogP contribution in [0.3, 0.4) is 0 Å². The van der Waals surface area contributed by atoms with Gasteiger partial charge in [0.2, 0.25) is 5.60 Å². The van der Waals surface area contributed by atoms with Crippen molar-refractivity contribution in [2.45, 2.75) is 31.0 Å². The monoisotopic (exact) mass is 364 g/mol. The summed E-state index contributed by atoms with van der Waals surface area (Å²) < 4.78 is 13.3. The maximum Gasteiger partial charge on any atom is 0.264 e. The normalized spacial score (nSPS) is 25.5. The second-order valence-electron chi connectivity index (χ2n) is 6.19. The van der Waals surface area contributed by atoms with E-state index in [1.54, 1.807) is 0 Å². The van der Waals surface area contributed by atoms with E-state index in [2.05, 4.69) is 5.32 Å². The first-order valence-electron chi connectivity index (χ1n) is 8.00. The molecule has 2 aliphatic rings. The van der Waals surface area contributed by atoms with Crippen molar-refractivity contribution >= 4 is 23.4 Å². The Kier molecular flexibility index (Phi) is 4.92. The van der Waals surface area contributed by atoms with Crippen molar-refractivity contribution in [3.05, 3.63) is 58.9 Å². The molecule has 2 atom stereocenters. The molecule has 0 saturated carbocycles. The highest BCUT2D eigenvalue weighted by Crippen LogP contribution is 2.27. The molecule has 5 nitrogen and oxygen atoms in total. The fraction of sp³-hybridized carbons (Fsp3) is 0.333. The Morgan fingerprint density at radius 2 is 2.20 bits per heavy atom. The molecule has 1 aliphatic carbocycles. The molecule has 1 unspecified atom stereocenters. The van der Waals surface area contributed by atoms with Crippen LogP contribution >= 0.6 is 11.6 Å². The van der Waals surface area contributed by atoms with E-state index in [4.69, 9.17) is 11.6 Å². The third-order valence-corrected chi connectivity index (χ3v) is 4.66. The number of aliphatic hydroxyl groups is 1. The van der Waals surface area contributed by atoms with Gasteiger partial charge in [0, 0.05) is 24.5 Å². The molecule has 1 saturated heterocycles. The number of halogens is 2. The standard InChI is InChI=1S/C18H18ClFN2O3/c19-13-8-12(9-14(20)10-13)11-21-16(23)18(25)6-7-22(17(18)24)15-4-2-1-3-5-15/h1-4,8-10,15,25H,5-7,11H2,(H,21,23)/t15?,18-/m1/s1. The van der Waals surface area contributed by atoms with Gasteiger partial charge in [-0.25, -0.2) is 4.39 Å². The first kappa shape index (κ1) is 17.6. The van der Waals surface area contributed by atoms with Gasteiger partial charge in [-0.15, -0.1) is 0 Å². The molecule has 1 fully saturated rings. The number of hydrogen-bond donors (Lipinski definition) is 2. The highest BCUT2D eigenvalue weighted by atomic mass is 35.5. The molecule has 2 amide bonds. The number of hydrogen-bond acceptors (Lipinski definition) is 3. The van der Waals surface area contributed by atoms with Gasteiger partial charge >= 0.3 is 0 Å². The van der Waals surface area contributed by atoms with Gasteiger partial charge in [0.1, 0.15) is 5.82 Å². The third kappa shape index (κ3) is 3.60. The van der Waals surface area contributed by atoms with Crippen molar-refractivity contribution in [2.75, 3.05) is 6.54 Å². The molecular formula is C18H18ClFN2O3. The van der Waals surface area contributed by atoms with Crippen LogP contribution in [0.5, 0.6) is 0 Å². The predicted molar refractivity (Wildman–Crippen MR) is 91.2 cm³/mol. The average molecular weight is 365 g/mol. The van der Waals surface area contributed by atoms with Crippen LogP contribution in [0, 0.1) is 5.82 Å². The average Bonchev–Trinajstić information content (AvgIpc) is 2.89. The molecule has 132 valence electrons. The summed E-state index contributed by atoms with van der Waals surface area (Å²) in [5.74, 6) is -1.90. The van der Waals surface area contributed by atoms with E-state index >= 15 is 0 Å².